The number of hydrogen-bond acceptors (Lipinski definition) is 3. The molecule has 3 heteroatoms. The van der Waals surface area contributed by atoms with Crippen LogP contribution in [0.5, 0.6) is 5.75 Å². The van der Waals surface area contributed by atoms with Crippen LogP contribution < -0.4 is 10.5 Å². The van der Waals surface area contributed by atoms with Gasteiger partial charge in [0.15, 0.2) is 0 Å². The zero-order valence-electron chi connectivity index (χ0n) is 8.57. The largest absolute Gasteiger partial charge is 0.488 e. The summed E-state index contributed by atoms with van der Waals surface area (Å²) in [6.45, 7) is 2.62. The van der Waals surface area contributed by atoms with E-state index in [1.807, 2.05) is 36.6 Å². The number of nitrogen functional groups attached to an aromatic ring is 1. The molecule has 0 spiro atoms. The molecule has 1 heterocycles. The monoisotopic (exact) mass is 219 g/mol. The highest BCUT2D eigenvalue weighted by Gasteiger charge is 1.98. The lowest BCUT2D eigenvalue weighted by Gasteiger charge is -2.06. The summed E-state index contributed by atoms with van der Waals surface area (Å²) in [7, 11) is 0. The Morgan fingerprint density at radius 2 is 2.20 bits per heavy atom. The first-order chi connectivity index (χ1) is 7.24. The molecule has 1 aromatic heterocycles. The lowest BCUT2D eigenvalue weighted by molar-refractivity contribution is 0.310. The van der Waals surface area contributed by atoms with Crippen LogP contribution in [0.3, 0.4) is 0 Å². The molecule has 78 valence electrons. The average Bonchev–Trinajstić information content (AvgIpc) is 2.65. The fourth-order valence-corrected chi connectivity index (χ4v) is 2.03. The Hall–Kier alpha value is -1.48. The molecule has 15 heavy (non-hydrogen) atoms. The maximum absolute atomic E-state index is 5.73. The summed E-state index contributed by atoms with van der Waals surface area (Å²) >= 11 is 1.69. The van der Waals surface area contributed by atoms with Gasteiger partial charge < -0.3 is 10.5 Å². The second-order valence-corrected chi connectivity index (χ2v) is 4.48. The first-order valence-corrected chi connectivity index (χ1v) is 5.64. The van der Waals surface area contributed by atoms with Crippen molar-refractivity contribution in [2.24, 2.45) is 0 Å². The standard InChI is InChI=1S/C12H13NOS/c1-9-5-10(13)7-11(6-9)14-8-12-3-2-4-15-12/h2-7H,8,13H2,1H3. The van der Waals surface area contributed by atoms with Gasteiger partial charge in [-0.1, -0.05) is 6.07 Å². The van der Waals surface area contributed by atoms with Crippen molar-refractivity contribution in [3.8, 4) is 5.75 Å². The second-order valence-electron chi connectivity index (χ2n) is 3.45. The molecule has 2 nitrogen and oxygen atoms in total. The van der Waals surface area contributed by atoms with Gasteiger partial charge in [-0.05, 0) is 36.1 Å². The number of nitrogens with two attached hydrogens (primary N) is 1. The summed E-state index contributed by atoms with van der Waals surface area (Å²) in [4.78, 5) is 1.22. The molecule has 0 aliphatic rings. The summed E-state index contributed by atoms with van der Waals surface area (Å²) in [6.07, 6.45) is 0. The minimum Gasteiger partial charge on any atom is -0.488 e. The Balaban J connectivity index is 2.05. The summed E-state index contributed by atoms with van der Waals surface area (Å²) in [6, 6.07) is 9.85. The lowest BCUT2D eigenvalue weighted by Crippen LogP contribution is -1.94. The maximum Gasteiger partial charge on any atom is 0.122 e. The second kappa shape index (κ2) is 4.36. The number of ether oxygens (including phenoxy) is 1. The van der Waals surface area contributed by atoms with E-state index in [1.54, 1.807) is 11.3 Å². The zero-order chi connectivity index (χ0) is 10.7. The van der Waals surface area contributed by atoms with Crippen LogP contribution in [-0.2, 0) is 6.61 Å². The van der Waals surface area contributed by atoms with Gasteiger partial charge in [0.2, 0.25) is 0 Å². The fraction of sp³-hybridized carbons (Fsp3) is 0.167. The third-order valence-electron chi connectivity index (χ3n) is 2.03. The van der Waals surface area contributed by atoms with Gasteiger partial charge in [0.25, 0.3) is 0 Å². The van der Waals surface area contributed by atoms with Gasteiger partial charge in [-0.2, -0.15) is 0 Å². The zero-order valence-corrected chi connectivity index (χ0v) is 9.38. The number of anilines is 1. The van der Waals surface area contributed by atoms with Gasteiger partial charge in [0, 0.05) is 16.6 Å². The van der Waals surface area contributed by atoms with Crippen LogP contribution in [0.2, 0.25) is 0 Å². The van der Waals surface area contributed by atoms with Crippen molar-refractivity contribution < 1.29 is 4.74 Å². The Bertz CT molecular complexity index is 417. The Kier molecular flexibility index (Phi) is 2.92. The van der Waals surface area contributed by atoms with Gasteiger partial charge in [-0.25, -0.2) is 0 Å². The van der Waals surface area contributed by atoms with Gasteiger partial charge in [0.05, 0.1) is 0 Å². The minimum absolute atomic E-state index is 0.612. The topological polar surface area (TPSA) is 35.2 Å². The van der Waals surface area contributed by atoms with Crippen molar-refractivity contribution in [3.63, 3.8) is 0 Å². The van der Waals surface area contributed by atoms with E-state index in [4.69, 9.17) is 10.5 Å². The molecule has 0 fully saturated rings. The number of aryl methyl sites for hydroxylation is 1. The highest BCUT2D eigenvalue weighted by atomic mass is 32.1. The van der Waals surface area contributed by atoms with Crippen molar-refractivity contribution in [1.82, 2.24) is 0 Å². The summed E-state index contributed by atoms with van der Waals surface area (Å²) in [5.74, 6) is 0.834. The molecule has 0 saturated heterocycles. The number of rotatable bonds is 3. The molecule has 0 saturated carbocycles. The molecule has 2 aromatic rings. The van der Waals surface area contributed by atoms with Crippen LogP contribution in [0.4, 0.5) is 5.69 Å². The normalized spacial score (nSPS) is 10.2. The number of thiophene rings is 1. The Labute approximate surface area is 93.3 Å². The predicted molar refractivity (Wildman–Crippen MR) is 64.2 cm³/mol. The highest BCUT2D eigenvalue weighted by Crippen LogP contribution is 2.20. The summed E-state index contributed by atoms with van der Waals surface area (Å²) < 4.78 is 5.64. The van der Waals surface area contributed by atoms with Crippen molar-refractivity contribution in [1.29, 1.82) is 0 Å². The average molecular weight is 219 g/mol. The van der Waals surface area contributed by atoms with Crippen molar-refractivity contribution in [2.45, 2.75) is 13.5 Å². The van der Waals surface area contributed by atoms with Crippen LogP contribution >= 0.6 is 11.3 Å². The van der Waals surface area contributed by atoms with Crippen LogP contribution in [-0.4, -0.2) is 0 Å². The molecular weight excluding hydrogens is 206 g/mol. The molecule has 0 amide bonds. The van der Waals surface area contributed by atoms with E-state index in [0.717, 1.165) is 17.0 Å². The predicted octanol–water partition coefficient (Wildman–Crippen LogP) is 3.22. The van der Waals surface area contributed by atoms with E-state index in [1.165, 1.54) is 4.88 Å². The van der Waals surface area contributed by atoms with Gasteiger partial charge >= 0.3 is 0 Å². The SMILES string of the molecule is Cc1cc(N)cc(OCc2cccs2)c1. The van der Waals surface area contributed by atoms with E-state index < -0.39 is 0 Å². The third kappa shape index (κ3) is 2.73. The smallest absolute Gasteiger partial charge is 0.122 e. The highest BCUT2D eigenvalue weighted by molar-refractivity contribution is 7.09. The Morgan fingerprint density at radius 1 is 1.33 bits per heavy atom. The number of hydrogen-bond donors (Lipinski definition) is 1. The van der Waals surface area contributed by atoms with Gasteiger partial charge in [-0.15, -0.1) is 11.3 Å². The summed E-state index contributed by atoms with van der Waals surface area (Å²) in [5.41, 5.74) is 7.60. The molecule has 0 aliphatic carbocycles. The van der Waals surface area contributed by atoms with Gasteiger partial charge in [-0.3, -0.25) is 0 Å². The molecule has 0 bridgehead atoms. The van der Waals surface area contributed by atoms with Crippen LogP contribution in [0.1, 0.15) is 10.4 Å². The maximum atomic E-state index is 5.73. The van der Waals surface area contributed by atoms with Crippen LogP contribution in [0, 0.1) is 6.92 Å². The van der Waals surface area contributed by atoms with Gasteiger partial charge in [0.1, 0.15) is 12.4 Å². The molecule has 1 aromatic carbocycles. The van der Waals surface area contributed by atoms with E-state index in [0.29, 0.717) is 6.61 Å². The minimum atomic E-state index is 0.612. The first-order valence-electron chi connectivity index (χ1n) is 4.76. The molecule has 0 atom stereocenters. The van der Waals surface area contributed by atoms with E-state index in [-0.39, 0.29) is 0 Å². The van der Waals surface area contributed by atoms with Crippen LogP contribution in [0.15, 0.2) is 35.7 Å². The Morgan fingerprint density at radius 3 is 2.87 bits per heavy atom. The third-order valence-corrected chi connectivity index (χ3v) is 2.88. The molecule has 0 unspecified atom stereocenters. The molecule has 0 aliphatic heterocycles. The van der Waals surface area contributed by atoms with Crippen LogP contribution in [0.25, 0.3) is 0 Å². The lowest BCUT2D eigenvalue weighted by atomic mass is 10.2. The molecule has 2 N–H and O–H groups in total. The van der Waals surface area contributed by atoms with Crippen molar-refractivity contribution in [3.05, 3.63) is 46.2 Å². The quantitative estimate of drug-likeness (QED) is 0.804. The fourth-order valence-electron chi connectivity index (χ4n) is 1.41. The number of benzene rings is 1. The molecular formula is C12H13NOS. The molecule has 0 radical (unpaired) electrons. The first kappa shape index (κ1) is 10.1. The van der Waals surface area contributed by atoms with Crippen molar-refractivity contribution >= 4 is 17.0 Å². The summed E-state index contributed by atoms with van der Waals surface area (Å²) in [5, 5.41) is 2.04. The van der Waals surface area contributed by atoms with E-state index >= 15 is 0 Å². The van der Waals surface area contributed by atoms with E-state index in [9.17, 15) is 0 Å². The van der Waals surface area contributed by atoms with Crippen molar-refractivity contribution in [2.75, 3.05) is 5.73 Å². The van der Waals surface area contributed by atoms with E-state index in [2.05, 4.69) is 6.07 Å². The molecule has 2 rings (SSSR count).